The van der Waals surface area contributed by atoms with Gasteiger partial charge in [-0.05, 0) is 47.1 Å². The summed E-state index contributed by atoms with van der Waals surface area (Å²) in [5.41, 5.74) is -0.409. The number of nitrogens with zero attached hydrogens (tertiary/aromatic N) is 4. The van der Waals surface area contributed by atoms with Crippen LogP contribution in [0.1, 0.15) is 39.1 Å². The first-order valence-corrected chi connectivity index (χ1v) is 12.0. The Morgan fingerprint density at radius 3 is 2.60 bits per heavy atom. The Kier molecular flexibility index (Phi) is 8.06. The molecule has 0 unspecified atom stereocenters. The minimum atomic E-state index is -0.649. The molecule has 1 heterocycles. The topological polar surface area (TPSA) is 126 Å². The van der Waals surface area contributed by atoms with Gasteiger partial charge in [-0.3, -0.25) is 14.9 Å². The van der Waals surface area contributed by atoms with Crippen LogP contribution in [0, 0.1) is 10.1 Å². The Hall–Kier alpha value is -3.12. The number of hydrogen-bond donors (Lipinski definition) is 0. The lowest BCUT2D eigenvalue weighted by Gasteiger charge is -2.20. The van der Waals surface area contributed by atoms with Crippen molar-refractivity contribution < 1.29 is 19.2 Å². The number of ether oxygens (including phenoxy) is 2. The maximum absolute atomic E-state index is 13.3. The summed E-state index contributed by atoms with van der Waals surface area (Å²) >= 11 is 6.62. The molecule has 0 aliphatic heterocycles. The van der Waals surface area contributed by atoms with Gasteiger partial charge in [0.2, 0.25) is 5.75 Å². The van der Waals surface area contributed by atoms with E-state index in [-0.39, 0.29) is 28.1 Å². The van der Waals surface area contributed by atoms with Gasteiger partial charge in [0.15, 0.2) is 6.61 Å². The van der Waals surface area contributed by atoms with Gasteiger partial charge in [0.25, 0.3) is 5.56 Å². The van der Waals surface area contributed by atoms with Gasteiger partial charge in [-0.2, -0.15) is 9.78 Å². The second-order valence-electron chi connectivity index (χ2n) is 8.41. The number of aromatic nitrogens is 2. The number of fused-ring (bicyclic) bond motifs is 1. The molecule has 0 spiro atoms. The molecule has 2 aromatic carbocycles. The normalized spacial score (nSPS) is 11.7. The molecule has 10 nitrogen and oxygen atoms in total. The van der Waals surface area contributed by atoms with Gasteiger partial charge in [0.05, 0.1) is 33.1 Å². The van der Waals surface area contributed by atoms with Crippen LogP contribution in [0.15, 0.2) is 49.2 Å². The van der Waals surface area contributed by atoms with Gasteiger partial charge in [-0.1, -0.05) is 36.7 Å². The van der Waals surface area contributed by atoms with Crippen molar-refractivity contribution in [1.29, 1.82) is 0 Å². The Morgan fingerprint density at radius 1 is 1.26 bits per heavy atom. The molecular weight excluding hydrogens is 588 g/mol. The summed E-state index contributed by atoms with van der Waals surface area (Å²) in [6, 6.07) is 7.99. The summed E-state index contributed by atoms with van der Waals surface area (Å²) in [5.74, 6) is -0.342. The molecule has 0 N–H and O–H groups in total. The lowest BCUT2D eigenvalue weighted by Crippen LogP contribution is -2.29. The molecule has 0 amide bonds. The zero-order chi connectivity index (χ0) is 25.9. The summed E-state index contributed by atoms with van der Waals surface area (Å²) in [6.45, 7) is 7.04. The first-order chi connectivity index (χ1) is 16.4. The number of nitro benzene ring substituents is 1. The SMILES string of the molecule is CCOC(=O)COc1c(Br)cc(C=Nn2c(C(C)(C)C)nc3ccc(Br)cc3c2=O)cc1[N+](=O)[O-]. The highest BCUT2D eigenvalue weighted by Crippen LogP contribution is 2.36. The van der Waals surface area contributed by atoms with E-state index in [2.05, 4.69) is 41.9 Å². The number of hydrogen-bond acceptors (Lipinski definition) is 8. The van der Waals surface area contributed by atoms with E-state index >= 15 is 0 Å². The number of nitro groups is 1. The van der Waals surface area contributed by atoms with E-state index in [1.165, 1.54) is 23.0 Å². The monoisotopic (exact) mass is 608 g/mol. The molecule has 0 aliphatic carbocycles. The number of rotatable bonds is 7. The molecule has 0 aliphatic rings. The molecule has 35 heavy (non-hydrogen) atoms. The first kappa shape index (κ1) is 26.5. The predicted molar refractivity (Wildman–Crippen MR) is 138 cm³/mol. The maximum Gasteiger partial charge on any atom is 0.344 e. The van der Waals surface area contributed by atoms with Crippen LogP contribution in [0.5, 0.6) is 5.75 Å². The summed E-state index contributed by atoms with van der Waals surface area (Å²) in [4.78, 5) is 40.5. The van der Waals surface area contributed by atoms with E-state index in [0.29, 0.717) is 22.3 Å². The standard InChI is InChI=1S/C23H22Br2N4O6/c1-5-34-19(30)12-35-20-16(25)8-13(9-18(20)29(32)33)11-26-28-21(31)15-10-14(24)6-7-17(15)27-22(28)23(2,3)4/h6-11H,5,12H2,1-4H3. The van der Waals surface area contributed by atoms with E-state index < -0.39 is 22.9 Å². The highest BCUT2D eigenvalue weighted by atomic mass is 79.9. The van der Waals surface area contributed by atoms with E-state index in [1.807, 2.05) is 20.8 Å². The Bertz CT molecular complexity index is 1400. The lowest BCUT2D eigenvalue weighted by molar-refractivity contribution is -0.385. The van der Waals surface area contributed by atoms with Crippen molar-refractivity contribution in [2.45, 2.75) is 33.1 Å². The molecule has 0 saturated heterocycles. The number of halogens is 2. The highest BCUT2D eigenvalue weighted by molar-refractivity contribution is 9.10. The van der Waals surface area contributed by atoms with Gasteiger partial charge in [-0.15, -0.1) is 0 Å². The van der Waals surface area contributed by atoms with Crippen molar-refractivity contribution in [3.63, 3.8) is 0 Å². The quantitative estimate of drug-likeness (QED) is 0.160. The predicted octanol–water partition coefficient (Wildman–Crippen LogP) is 4.95. The summed E-state index contributed by atoms with van der Waals surface area (Å²) < 4.78 is 12.3. The van der Waals surface area contributed by atoms with Gasteiger partial charge in [-0.25, -0.2) is 9.78 Å². The fourth-order valence-corrected chi connectivity index (χ4v) is 4.09. The fraction of sp³-hybridized carbons (Fsp3) is 0.304. The van der Waals surface area contributed by atoms with Gasteiger partial charge < -0.3 is 9.47 Å². The van der Waals surface area contributed by atoms with Crippen LogP contribution in [0.4, 0.5) is 5.69 Å². The smallest absolute Gasteiger partial charge is 0.344 e. The number of benzene rings is 2. The van der Waals surface area contributed by atoms with Crippen molar-refractivity contribution in [2.24, 2.45) is 5.10 Å². The van der Waals surface area contributed by atoms with Crippen LogP contribution in [-0.2, 0) is 14.9 Å². The molecular formula is C23H22Br2N4O6. The Morgan fingerprint density at radius 2 is 1.97 bits per heavy atom. The summed E-state index contributed by atoms with van der Waals surface area (Å²) in [6.07, 6.45) is 1.33. The molecule has 0 radical (unpaired) electrons. The molecule has 0 bridgehead atoms. The molecule has 3 aromatic rings. The third kappa shape index (κ3) is 6.12. The molecule has 0 fully saturated rings. The average molecular weight is 610 g/mol. The second kappa shape index (κ2) is 10.6. The average Bonchev–Trinajstić information content (AvgIpc) is 2.77. The largest absolute Gasteiger partial charge is 0.474 e. The van der Waals surface area contributed by atoms with E-state index in [1.54, 1.807) is 25.1 Å². The van der Waals surface area contributed by atoms with Gasteiger partial charge in [0, 0.05) is 21.5 Å². The van der Waals surface area contributed by atoms with Gasteiger partial charge >= 0.3 is 11.7 Å². The molecule has 3 rings (SSSR count). The number of esters is 1. The van der Waals surface area contributed by atoms with Crippen molar-refractivity contribution in [3.05, 3.63) is 71.1 Å². The van der Waals surface area contributed by atoms with Crippen LogP contribution >= 0.6 is 31.9 Å². The first-order valence-electron chi connectivity index (χ1n) is 10.5. The Balaban J connectivity index is 2.08. The Labute approximate surface area is 217 Å². The minimum Gasteiger partial charge on any atom is -0.474 e. The highest BCUT2D eigenvalue weighted by Gasteiger charge is 2.24. The van der Waals surface area contributed by atoms with Crippen LogP contribution in [-0.4, -0.2) is 40.0 Å². The van der Waals surface area contributed by atoms with Gasteiger partial charge in [0.1, 0.15) is 5.82 Å². The van der Waals surface area contributed by atoms with Crippen molar-refractivity contribution in [3.8, 4) is 5.75 Å². The zero-order valence-corrected chi connectivity index (χ0v) is 22.5. The van der Waals surface area contributed by atoms with Crippen LogP contribution in [0.3, 0.4) is 0 Å². The number of carbonyl (C=O) groups is 1. The molecule has 1 aromatic heterocycles. The second-order valence-corrected chi connectivity index (χ2v) is 10.2. The summed E-state index contributed by atoms with van der Waals surface area (Å²) in [7, 11) is 0. The van der Waals surface area contributed by atoms with E-state index in [0.717, 1.165) is 4.47 Å². The summed E-state index contributed by atoms with van der Waals surface area (Å²) in [5, 5.41) is 16.4. The van der Waals surface area contributed by atoms with Crippen molar-refractivity contribution in [2.75, 3.05) is 13.2 Å². The molecule has 184 valence electrons. The van der Waals surface area contributed by atoms with Crippen LogP contribution in [0.2, 0.25) is 0 Å². The lowest BCUT2D eigenvalue weighted by atomic mass is 9.95. The molecule has 12 heteroatoms. The third-order valence-electron chi connectivity index (χ3n) is 4.68. The van der Waals surface area contributed by atoms with Crippen molar-refractivity contribution >= 4 is 60.6 Å². The van der Waals surface area contributed by atoms with E-state index in [4.69, 9.17) is 9.47 Å². The minimum absolute atomic E-state index is 0.120. The zero-order valence-electron chi connectivity index (χ0n) is 19.4. The number of carbonyl (C=O) groups excluding carboxylic acids is 1. The fourth-order valence-electron chi connectivity index (χ4n) is 3.15. The maximum atomic E-state index is 13.3. The van der Waals surface area contributed by atoms with Crippen LogP contribution in [0.25, 0.3) is 10.9 Å². The third-order valence-corrected chi connectivity index (χ3v) is 5.77. The van der Waals surface area contributed by atoms with Crippen LogP contribution < -0.4 is 10.3 Å². The van der Waals surface area contributed by atoms with Crippen molar-refractivity contribution in [1.82, 2.24) is 9.66 Å². The molecule has 0 atom stereocenters. The van der Waals surface area contributed by atoms with E-state index in [9.17, 15) is 19.7 Å². The molecule has 0 saturated carbocycles.